The quantitative estimate of drug-likeness (QED) is 0.207. The third-order valence-corrected chi connectivity index (χ3v) is 8.58. The lowest BCUT2D eigenvalue weighted by molar-refractivity contribution is 0.0697. The molecule has 4 nitrogen and oxygen atoms in total. The van der Waals surface area contributed by atoms with E-state index in [1.165, 1.54) is 22.3 Å². The van der Waals surface area contributed by atoms with Crippen molar-refractivity contribution >= 4 is 40.1 Å². The maximum Gasteiger partial charge on any atom is 0.335 e. The Hall–Kier alpha value is -5.61. The summed E-state index contributed by atoms with van der Waals surface area (Å²) in [6.07, 6.45) is 0. The van der Waals surface area contributed by atoms with Gasteiger partial charge in [0.05, 0.1) is 5.56 Å². The second-order valence-electron chi connectivity index (χ2n) is 11.6. The van der Waals surface area contributed by atoms with Gasteiger partial charge in [-0.3, -0.25) is 0 Å². The number of para-hydroxylation sites is 3. The van der Waals surface area contributed by atoms with Crippen molar-refractivity contribution in [3.05, 3.63) is 168 Å². The lowest BCUT2D eigenvalue weighted by atomic mass is 9.82. The van der Waals surface area contributed by atoms with E-state index in [1.807, 2.05) is 42.5 Å². The fourth-order valence-electron chi connectivity index (χ4n) is 6.37. The molecule has 0 spiro atoms. The topological polar surface area (TPSA) is 43.8 Å². The molecule has 0 heterocycles. The summed E-state index contributed by atoms with van der Waals surface area (Å²) in [6.45, 7) is 4.60. The van der Waals surface area contributed by atoms with Crippen LogP contribution in [0.3, 0.4) is 0 Å². The van der Waals surface area contributed by atoms with Crippen molar-refractivity contribution in [1.82, 2.24) is 0 Å². The molecule has 0 aliphatic heterocycles. The predicted molar refractivity (Wildman–Crippen MR) is 180 cm³/mol. The Labute approximate surface area is 258 Å². The average molecular weight is 573 g/mol. The number of hydrogen-bond acceptors (Lipinski definition) is 3. The molecule has 0 aromatic heterocycles. The standard InChI is InChI=1S/C40H32N2O2/c1-40(2)37-26-33(41(29-12-6-3-7-13-29)30-14-8-4-9-15-30)22-24-35(37)36-25-23-34(27-38(36)40)42(31-16-10-5-11-17-31)32-20-18-28(19-21-32)39(43)44/h3-27H,1-2H3,(H,43,44). The first-order valence-electron chi connectivity index (χ1n) is 14.8. The number of carboxylic acids is 1. The second kappa shape index (κ2) is 10.9. The van der Waals surface area contributed by atoms with E-state index in [-0.39, 0.29) is 11.0 Å². The van der Waals surface area contributed by atoms with E-state index in [4.69, 9.17) is 0 Å². The molecule has 0 saturated heterocycles. The van der Waals surface area contributed by atoms with Gasteiger partial charge in [-0.25, -0.2) is 4.79 Å². The largest absolute Gasteiger partial charge is 0.478 e. The smallest absolute Gasteiger partial charge is 0.335 e. The minimum atomic E-state index is -0.933. The molecule has 0 bridgehead atoms. The van der Waals surface area contributed by atoms with Crippen molar-refractivity contribution in [2.24, 2.45) is 0 Å². The van der Waals surface area contributed by atoms with E-state index in [0.717, 1.165) is 34.1 Å². The highest BCUT2D eigenvalue weighted by Crippen LogP contribution is 2.52. The van der Waals surface area contributed by atoms with Crippen LogP contribution in [0.1, 0.15) is 35.3 Å². The van der Waals surface area contributed by atoms with Gasteiger partial charge >= 0.3 is 5.97 Å². The van der Waals surface area contributed by atoms with E-state index in [0.29, 0.717) is 0 Å². The molecule has 1 aliphatic rings. The van der Waals surface area contributed by atoms with Crippen molar-refractivity contribution in [3.8, 4) is 11.1 Å². The Bertz CT molecular complexity index is 1910. The number of nitrogens with zero attached hydrogens (tertiary/aromatic N) is 2. The fourth-order valence-corrected chi connectivity index (χ4v) is 6.37. The lowest BCUT2D eigenvalue weighted by Crippen LogP contribution is -2.17. The Balaban J connectivity index is 1.33. The molecule has 1 N–H and O–H groups in total. The average Bonchev–Trinajstić information content (AvgIpc) is 3.28. The number of hydrogen-bond donors (Lipinski definition) is 1. The van der Waals surface area contributed by atoms with Gasteiger partial charge in [0.25, 0.3) is 0 Å². The number of benzene rings is 6. The van der Waals surface area contributed by atoms with Crippen LogP contribution < -0.4 is 9.80 Å². The van der Waals surface area contributed by atoms with Crippen LogP contribution in [0.2, 0.25) is 0 Å². The summed E-state index contributed by atoms with van der Waals surface area (Å²) in [5, 5.41) is 9.46. The normalized spacial score (nSPS) is 12.7. The van der Waals surface area contributed by atoms with Crippen LogP contribution in [0.4, 0.5) is 34.1 Å². The van der Waals surface area contributed by atoms with Crippen LogP contribution in [-0.4, -0.2) is 11.1 Å². The van der Waals surface area contributed by atoms with Gasteiger partial charge in [0.15, 0.2) is 0 Å². The first kappa shape index (κ1) is 27.2. The zero-order valence-electron chi connectivity index (χ0n) is 24.7. The van der Waals surface area contributed by atoms with Gasteiger partial charge in [0.2, 0.25) is 0 Å². The van der Waals surface area contributed by atoms with Crippen molar-refractivity contribution in [2.75, 3.05) is 9.80 Å². The first-order valence-corrected chi connectivity index (χ1v) is 14.8. The van der Waals surface area contributed by atoms with Gasteiger partial charge in [-0.1, -0.05) is 80.6 Å². The molecule has 0 fully saturated rings. The summed E-state index contributed by atoms with van der Waals surface area (Å²) >= 11 is 0. The molecule has 6 aromatic carbocycles. The Morgan fingerprint density at radius 1 is 0.477 bits per heavy atom. The summed E-state index contributed by atoms with van der Waals surface area (Å²) in [5.74, 6) is -0.933. The maximum atomic E-state index is 11.5. The molecule has 0 radical (unpaired) electrons. The van der Waals surface area contributed by atoms with Crippen molar-refractivity contribution in [2.45, 2.75) is 19.3 Å². The van der Waals surface area contributed by atoms with Crippen LogP contribution in [0, 0.1) is 0 Å². The Morgan fingerprint density at radius 2 is 0.818 bits per heavy atom. The number of aromatic carboxylic acids is 1. The van der Waals surface area contributed by atoms with Gasteiger partial charge in [-0.2, -0.15) is 0 Å². The first-order chi connectivity index (χ1) is 21.4. The van der Waals surface area contributed by atoms with Gasteiger partial charge < -0.3 is 14.9 Å². The van der Waals surface area contributed by atoms with E-state index >= 15 is 0 Å². The van der Waals surface area contributed by atoms with Crippen LogP contribution >= 0.6 is 0 Å². The van der Waals surface area contributed by atoms with Crippen molar-refractivity contribution in [1.29, 1.82) is 0 Å². The van der Waals surface area contributed by atoms with Gasteiger partial charge in [0, 0.05) is 39.5 Å². The van der Waals surface area contributed by atoms with E-state index in [1.54, 1.807) is 12.1 Å². The predicted octanol–water partition coefficient (Wildman–Crippen LogP) is 10.6. The molecule has 0 amide bonds. The third kappa shape index (κ3) is 4.71. The number of fused-ring (bicyclic) bond motifs is 3. The molecular formula is C40H32N2O2. The summed E-state index contributed by atoms with van der Waals surface area (Å²) in [4.78, 5) is 16.0. The summed E-state index contributed by atoms with van der Waals surface area (Å²) in [5.41, 5.74) is 11.3. The molecule has 4 heteroatoms. The second-order valence-corrected chi connectivity index (χ2v) is 11.6. The maximum absolute atomic E-state index is 11.5. The van der Waals surface area contributed by atoms with Crippen molar-refractivity contribution < 1.29 is 9.90 Å². The number of carbonyl (C=O) groups is 1. The van der Waals surface area contributed by atoms with E-state index in [9.17, 15) is 9.90 Å². The molecular weight excluding hydrogens is 540 g/mol. The summed E-state index contributed by atoms with van der Waals surface area (Å²) in [6, 6.07) is 51.8. The van der Waals surface area contributed by atoms with Gasteiger partial charge in [-0.15, -0.1) is 0 Å². The Kier molecular flexibility index (Phi) is 6.75. The van der Waals surface area contributed by atoms with Gasteiger partial charge in [-0.05, 0) is 107 Å². The SMILES string of the molecule is CC1(C)c2cc(N(c3ccccc3)c3ccccc3)ccc2-c2ccc(N(c3ccccc3)c3ccc(C(=O)O)cc3)cc21. The highest BCUT2D eigenvalue weighted by atomic mass is 16.4. The number of rotatable bonds is 7. The molecule has 0 saturated carbocycles. The minimum Gasteiger partial charge on any atom is -0.478 e. The minimum absolute atomic E-state index is 0.245. The molecule has 1 aliphatic carbocycles. The molecule has 6 aromatic rings. The third-order valence-electron chi connectivity index (χ3n) is 8.58. The zero-order valence-corrected chi connectivity index (χ0v) is 24.7. The number of carboxylic acid groups (broad SMARTS) is 1. The monoisotopic (exact) mass is 572 g/mol. The van der Waals surface area contributed by atoms with E-state index < -0.39 is 5.97 Å². The molecule has 0 atom stereocenters. The van der Waals surface area contributed by atoms with Crippen LogP contribution in [0.25, 0.3) is 11.1 Å². The number of anilines is 6. The molecule has 44 heavy (non-hydrogen) atoms. The Morgan fingerprint density at radius 3 is 1.18 bits per heavy atom. The lowest BCUT2D eigenvalue weighted by Gasteiger charge is -2.29. The van der Waals surface area contributed by atoms with Crippen LogP contribution in [-0.2, 0) is 5.41 Å². The van der Waals surface area contributed by atoms with Crippen LogP contribution in [0.5, 0.6) is 0 Å². The molecule has 214 valence electrons. The molecule has 7 rings (SSSR count). The molecule has 0 unspecified atom stereocenters. The summed E-state index contributed by atoms with van der Waals surface area (Å²) < 4.78 is 0. The van der Waals surface area contributed by atoms with Crippen molar-refractivity contribution in [3.63, 3.8) is 0 Å². The highest BCUT2D eigenvalue weighted by molar-refractivity contribution is 5.90. The van der Waals surface area contributed by atoms with E-state index in [2.05, 4.69) is 121 Å². The zero-order chi connectivity index (χ0) is 30.3. The van der Waals surface area contributed by atoms with Gasteiger partial charge in [0.1, 0.15) is 0 Å². The fraction of sp³-hybridized carbons (Fsp3) is 0.0750. The highest BCUT2D eigenvalue weighted by Gasteiger charge is 2.36. The van der Waals surface area contributed by atoms with Crippen LogP contribution in [0.15, 0.2) is 152 Å². The summed E-state index contributed by atoms with van der Waals surface area (Å²) in [7, 11) is 0.